The Hall–Kier alpha value is -1.29. The van der Waals surface area contributed by atoms with Gasteiger partial charge in [0.1, 0.15) is 11.6 Å². The van der Waals surface area contributed by atoms with Crippen LogP contribution in [0.1, 0.15) is 6.92 Å². The summed E-state index contributed by atoms with van der Waals surface area (Å²) >= 11 is 1.41. The molecule has 74 valence electrons. The quantitative estimate of drug-likeness (QED) is 0.828. The molecule has 2 nitrogen and oxygen atoms in total. The Bertz CT molecular complexity index is 466. The van der Waals surface area contributed by atoms with E-state index in [1.807, 2.05) is 6.92 Å². The van der Waals surface area contributed by atoms with Crippen LogP contribution in [0.2, 0.25) is 0 Å². The molecular weight excluding hydrogens is 201 g/mol. The van der Waals surface area contributed by atoms with Crippen LogP contribution in [-0.4, -0.2) is 6.61 Å². The Morgan fingerprint density at radius 3 is 2.93 bits per heavy atom. The molecule has 0 fully saturated rings. The number of benzene rings is 1. The van der Waals surface area contributed by atoms with E-state index in [1.165, 1.54) is 23.5 Å². The molecule has 1 aromatic heterocycles. The van der Waals surface area contributed by atoms with Crippen molar-refractivity contribution in [3.8, 4) is 5.75 Å². The van der Waals surface area contributed by atoms with Crippen LogP contribution in [0.5, 0.6) is 5.75 Å². The average molecular weight is 211 g/mol. The third-order valence-electron chi connectivity index (χ3n) is 1.87. The summed E-state index contributed by atoms with van der Waals surface area (Å²) < 4.78 is 19.3. The molecule has 0 saturated carbocycles. The molecule has 14 heavy (non-hydrogen) atoms. The predicted octanol–water partition coefficient (Wildman–Crippen LogP) is 3.02. The van der Waals surface area contributed by atoms with E-state index in [0.717, 1.165) is 10.1 Å². The lowest BCUT2D eigenvalue weighted by atomic mass is 10.2. The Balaban J connectivity index is 2.66. The Labute approximate surface area is 85.1 Å². The number of hydrogen-bond donors (Lipinski definition) is 1. The van der Waals surface area contributed by atoms with Crippen LogP contribution in [-0.2, 0) is 0 Å². The van der Waals surface area contributed by atoms with Gasteiger partial charge in [-0.15, -0.1) is 11.3 Å². The molecule has 0 radical (unpaired) electrons. The zero-order valence-electron chi connectivity index (χ0n) is 7.71. The minimum atomic E-state index is -0.293. The van der Waals surface area contributed by atoms with Gasteiger partial charge < -0.3 is 10.5 Å². The molecule has 0 saturated heterocycles. The third kappa shape index (κ3) is 1.53. The van der Waals surface area contributed by atoms with Crippen molar-refractivity contribution in [2.75, 3.05) is 12.3 Å². The largest absolute Gasteiger partial charge is 0.492 e. The number of fused-ring (bicyclic) bond motifs is 1. The second-order valence-corrected chi connectivity index (χ2v) is 3.99. The van der Waals surface area contributed by atoms with Gasteiger partial charge in [0.2, 0.25) is 0 Å². The second kappa shape index (κ2) is 3.46. The van der Waals surface area contributed by atoms with Gasteiger partial charge in [-0.05, 0) is 19.1 Å². The SMILES string of the molecule is CCOc1cc(F)cc2cc(N)sc12. The lowest BCUT2D eigenvalue weighted by Gasteiger charge is -2.03. The molecule has 2 aromatic rings. The van der Waals surface area contributed by atoms with Gasteiger partial charge in [0.05, 0.1) is 16.3 Å². The predicted molar refractivity (Wildman–Crippen MR) is 57.4 cm³/mol. The number of ether oxygens (including phenoxy) is 1. The van der Waals surface area contributed by atoms with E-state index >= 15 is 0 Å². The van der Waals surface area contributed by atoms with E-state index in [4.69, 9.17) is 10.5 Å². The van der Waals surface area contributed by atoms with E-state index in [1.54, 1.807) is 6.07 Å². The summed E-state index contributed by atoms with van der Waals surface area (Å²) in [6.45, 7) is 2.39. The summed E-state index contributed by atoms with van der Waals surface area (Å²) in [5, 5.41) is 1.47. The van der Waals surface area contributed by atoms with Gasteiger partial charge in [-0.25, -0.2) is 4.39 Å². The number of thiophene rings is 1. The minimum absolute atomic E-state index is 0.293. The molecule has 4 heteroatoms. The van der Waals surface area contributed by atoms with E-state index in [2.05, 4.69) is 0 Å². The van der Waals surface area contributed by atoms with Crippen LogP contribution in [0.15, 0.2) is 18.2 Å². The monoisotopic (exact) mass is 211 g/mol. The molecule has 0 atom stereocenters. The lowest BCUT2D eigenvalue weighted by Crippen LogP contribution is -1.91. The van der Waals surface area contributed by atoms with Crippen molar-refractivity contribution >= 4 is 26.4 Å². The first-order valence-corrected chi connectivity index (χ1v) is 5.13. The zero-order chi connectivity index (χ0) is 10.1. The number of nitrogen functional groups attached to an aromatic ring is 1. The molecule has 0 unspecified atom stereocenters. The van der Waals surface area contributed by atoms with Gasteiger partial charge in [0.15, 0.2) is 0 Å². The highest BCUT2D eigenvalue weighted by Crippen LogP contribution is 2.35. The summed E-state index contributed by atoms with van der Waals surface area (Å²) in [6.07, 6.45) is 0. The van der Waals surface area contributed by atoms with Crippen LogP contribution in [0, 0.1) is 5.82 Å². The molecule has 1 heterocycles. The summed E-state index contributed by atoms with van der Waals surface area (Å²) in [6, 6.07) is 4.61. The second-order valence-electron chi connectivity index (χ2n) is 2.90. The fraction of sp³-hybridized carbons (Fsp3) is 0.200. The number of hydrogen-bond acceptors (Lipinski definition) is 3. The highest BCUT2D eigenvalue weighted by atomic mass is 32.1. The van der Waals surface area contributed by atoms with E-state index in [9.17, 15) is 4.39 Å². The third-order valence-corrected chi connectivity index (χ3v) is 2.86. The lowest BCUT2D eigenvalue weighted by molar-refractivity contribution is 0.343. The van der Waals surface area contributed by atoms with Crippen molar-refractivity contribution in [2.24, 2.45) is 0 Å². The number of rotatable bonds is 2. The van der Waals surface area contributed by atoms with Crippen LogP contribution >= 0.6 is 11.3 Å². The van der Waals surface area contributed by atoms with Gasteiger partial charge in [0.25, 0.3) is 0 Å². The molecular formula is C10H10FNOS. The summed E-state index contributed by atoms with van der Waals surface area (Å²) in [7, 11) is 0. The first-order valence-electron chi connectivity index (χ1n) is 4.32. The molecule has 1 aromatic carbocycles. The van der Waals surface area contributed by atoms with E-state index < -0.39 is 0 Å². The molecule has 0 aliphatic rings. The van der Waals surface area contributed by atoms with Crippen molar-refractivity contribution in [1.29, 1.82) is 0 Å². The maximum absolute atomic E-state index is 13.1. The fourth-order valence-electron chi connectivity index (χ4n) is 1.37. The molecule has 0 aliphatic heterocycles. The van der Waals surface area contributed by atoms with Crippen molar-refractivity contribution in [3.63, 3.8) is 0 Å². The van der Waals surface area contributed by atoms with Crippen molar-refractivity contribution < 1.29 is 9.13 Å². The number of nitrogens with two attached hydrogens (primary N) is 1. The summed E-state index contributed by atoms with van der Waals surface area (Å²) in [5.74, 6) is 0.281. The molecule has 2 N–H and O–H groups in total. The molecule has 2 rings (SSSR count). The number of anilines is 1. The van der Waals surface area contributed by atoms with Crippen LogP contribution < -0.4 is 10.5 Å². The molecule has 0 bridgehead atoms. The standard InChI is InChI=1S/C10H10FNOS/c1-2-13-8-5-7(11)3-6-4-9(12)14-10(6)8/h3-5H,2,12H2,1H3. The summed E-state index contributed by atoms with van der Waals surface area (Å²) in [5.41, 5.74) is 5.65. The Kier molecular flexibility index (Phi) is 2.29. The molecule has 0 aliphatic carbocycles. The number of halogens is 1. The van der Waals surface area contributed by atoms with Crippen LogP contribution in [0.3, 0.4) is 0 Å². The van der Waals surface area contributed by atoms with Crippen molar-refractivity contribution in [2.45, 2.75) is 6.92 Å². The normalized spacial score (nSPS) is 10.7. The highest BCUT2D eigenvalue weighted by molar-refractivity contribution is 7.23. The Morgan fingerprint density at radius 2 is 2.21 bits per heavy atom. The zero-order valence-corrected chi connectivity index (χ0v) is 8.53. The summed E-state index contributed by atoms with van der Waals surface area (Å²) in [4.78, 5) is 0. The van der Waals surface area contributed by atoms with Crippen LogP contribution in [0.25, 0.3) is 10.1 Å². The smallest absolute Gasteiger partial charge is 0.140 e. The molecule has 0 spiro atoms. The fourth-order valence-corrected chi connectivity index (χ4v) is 2.24. The first-order chi connectivity index (χ1) is 6.70. The average Bonchev–Trinajstić information content (AvgIpc) is 2.45. The van der Waals surface area contributed by atoms with Gasteiger partial charge in [-0.1, -0.05) is 0 Å². The highest BCUT2D eigenvalue weighted by Gasteiger charge is 2.08. The maximum atomic E-state index is 13.1. The Morgan fingerprint density at radius 1 is 1.43 bits per heavy atom. The van der Waals surface area contributed by atoms with E-state index in [0.29, 0.717) is 17.4 Å². The van der Waals surface area contributed by atoms with Crippen molar-refractivity contribution in [3.05, 3.63) is 24.0 Å². The first kappa shape index (κ1) is 9.27. The van der Waals surface area contributed by atoms with Gasteiger partial charge >= 0.3 is 0 Å². The van der Waals surface area contributed by atoms with Gasteiger partial charge in [-0.2, -0.15) is 0 Å². The van der Waals surface area contributed by atoms with Crippen LogP contribution in [0.4, 0.5) is 9.39 Å². The minimum Gasteiger partial charge on any atom is -0.492 e. The molecule has 0 amide bonds. The maximum Gasteiger partial charge on any atom is 0.140 e. The topological polar surface area (TPSA) is 35.2 Å². The van der Waals surface area contributed by atoms with Gasteiger partial charge in [0, 0.05) is 11.5 Å². The van der Waals surface area contributed by atoms with Gasteiger partial charge in [-0.3, -0.25) is 0 Å². The van der Waals surface area contributed by atoms with Crippen molar-refractivity contribution in [1.82, 2.24) is 0 Å². The van der Waals surface area contributed by atoms with E-state index in [-0.39, 0.29) is 5.82 Å².